The van der Waals surface area contributed by atoms with Crippen molar-refractivity contribution in [3.63, 3.8) is 0 Å². The summed E-state index contributed by atoms with van der Waals surface area (Å²) in [4.78, 5) is 10.8. The summed E-state index contributed by atoms with van der Waals surface area (Å²) in [5, 5.41) is 0. The lowest BCUT2D eigenvalue weighted by atomic mass is 10.2. The molecule has 0 aliphatic rings. The number of alkyl halides is 1. The summed E-state index contributed by atoms with van der Waals surface area (Å²) < 4.78 is 9.51. The van der Waals surface area contributed by atoms with E-state index in [1.807, 2.05) is 13.8 Å². The highest BCUT2D eigenvalue weighted by molar-refractivity contribution is 6.18. The molecule has 0 spiro atoms. The third kappa shape index (κ3) is 6.28. The summed E-state index contributed by atoms with van der Waals surface area (Å²) in [5.41, 5.74) is 0. The first-order valence-electron chi connectivity index (χ1n) is 3.95. The predicted molar refractivity (Wildman–Crippen MR) is 47.5 cm³/mol. The molecule has 3 nitrogen and oxygen atoms in total. The van der Waals surface area contributed by atoms with Crippen molar-refractivity contribution in [1.29, 1.82) is 0 Å². The molecule has 0 aromatic carbocycles. The fourth-order valence-corrected chi connectivity index (χ4v) is 0.527. The molecule has 0 fully saturated rings. The van der Waals surface area contributed by atoms with Crippen LogP contribution >= 0.6 is 11.6 Å². The predicted octanol–water partition coefficient (Wildman–Crippen LogP) is 2.42. The largest absolute Gasteiger partial charge is 0.508 e. The van der Waals surface area contributed by atoms with E-state index < -0.39 is 6.16 Å². The average Bonchev–Trinajstić information content (AvgIpc) is 2.00. The van der Waals surface area contributed by atoms with Crippen molar-refractivity contribution in [2.75, 3.05) is 12.5 Å². The second-order valence-electron chi connectivity index (χ2n) is 3.04. The summed E-state index contributed by atoms with van der Waals surface area (Å²) in [6, 6.07) is 0. The number of hydrogen-bond acceptors (Lipinski definition) is 3. The van der Waals surface area contributed by atoms with Crippen LogP contribution in [-0.4, -0.2) is 24.7 Å². The van der Waals surface area contributed by atoms with Gasteiger partial charge in [-0.2, -0.15) is 0 Å². The molecule has 0 aromatic heterocycles. The van der Waals surface area contributed by atoms with Crippen LogP contribution in [0.4, 0.5) is 4.79 Å². The van der Waals surface area contributed by atoms with Gasteiger partial charge in [0.05, 0.1) is 12.5 Å². The van der Waals surface area contributed by atoms with Gasteiger partial charge in [0.15, 0.2) is 0 Å². The number of halogens is 1. The van der Waals surface area contributed by atoms with Gasteiger partial charge in [-0.3, -0.25) is 0 Å². The van der Waals surface area contributed by atoms with Crippen molar-refractivity contribution >= 4 is 17.8 Å². The Labute approximate surface area is 78.0 Å². The maximum atomic E-state index is 10.8. The van der Waals surface area contributed by atoms with E-state index in [-0.39, 0.29) is 12.0 Å². The van der Waals surface area contributed by atoms with E-state index in [1.54, 1.807) is 6.92 Å². The van der Waals surface area contributed by atoms with Gasteiger partial charge in [0.2, 0.25) is 0 Å². The Bertz CT molecular complexity index is 136. The molecule has 0 heterocycles. The highest BCUT2D eigenvalue weighted by atomic mass is 35.5. The highest BCUT2D eigenvalue weighted by Crippen LogP contribution is 1.99. The first-order valence-corrected chi connectivity index (χ1v) is 4.49. The minimum absolute atomic E-state index is 0.286. The maximum absolute atomic E-state index is 10.8. The van der Waals surface area contributed by atoms with Crippen LogP contribution in [0.15, 0.2) is 0 Å². The minimum Gasteiger partial charge on any atom is -0.434 e. The SMILES string of the molecule is CC(C)COC(=O)OC(C)CCl. The van der Waals surface area contributed by atoms with Crippen LogP contribution in [-0.2, 0) is 9.47 Å². The fourth-order valence-electron chi connectivity index (χ4n) is 0.464. The lowest BCUT2D eigenvalue weighted by molar-refractivity contribution is 0.0290. The second-order valence-corrected chi connectivity index (χ2v) is 3.35. The van der Waals surface area contributed by atoms with Gasteiger partial charge in [-0.25, -0.2) is 4.79 Å². The van der Waals surface area contributed by atoms with Crippen LogP contribution in [0.1, 0.15) is 20.8 Å². The molecule has 0 aliphatic heterocycles. The summed E-state index contributed by atoms with van der Waals surface area (Å²) in [5.74, 6) is 0.611. The first-order chi connectivity index (χ1) is 5.56. The van der Waals surface area contributed by atoms with Crippen LogP contribution in [0.3, 0.4) is 0 Å². The van der Waals surface area contributed by atoms with E-state index in [2.05, 4.69) is 0 Å². The molecule has 0 bridgehead atoms. The molecule has 0 rings (SSSR count). The molecular weight excluding hydrogens is 180 g/mol. The van der Waals surface area contributed by atoms with Crippen molar-refractivity contribution < 1.29 is 14.3 Å². The van der Waals surface area contributed by atoms with Crippen molar-refractivity contribution in [2.45, 2.75) is 26.9 Å². The normalized spacial score (nSPS) is 12.8. The quantitative estimate of drug-likeness (QED) is 0.509. The molecule has 0 amide bonds. The zero-order chi connectivity index (χ0) is 9.56. The zero-order valence-electron chi connectivity index (χ0n) is 7.67. The van der Waals surface area contributed by atoms with Gasteiger partial charge < -0.3 is 9.47 Å². The number of carbonyl (C=O) groups is 1. The number of hydrogen-bond donors (Lipinski definition) is 0. The average molecular weight is 195 g/mol. The first kappa shape index (κ1) is 11.6. The Morgan fingerprint density at radius 1 is 1.42 bits per heavy atom. The maximum Gasteiger partial charge on any atom is 0.508 e. The van der Waals surface area contributed by atoms with Gasteiger partial charge in [-0.15, -0.1) is 11.6 Å². The molecule has 0 saturated carbocycles. The monoisotopic (exact) mass is 194 g/mol. The van der Waals surface area contributed by atoms with Gasteiger partial charge >= 0.3 is 6.16 Å². The van der Waals surface area contributed by atoms with Gasteiger partial charge in [-0.1, -0.05) is 13.8 Å². The Morgan fingerprint density at radius 3 is 2.42 bits per heavy atom. The van der Waals surface area contributed by atoms with E-state index >= 15 is 0 Å². The molecule has 0 radical (unpaired) electrons. The lowest BCUT2D eigenvalue weighted by Gasteiger charge is -2.11. The van der Waals surface area contributed by atoms with E-state index in [9.17, 15) is 4.79 Å². The smallest absolute Gasteiger partial charge is 0.434 e. The van der Waals surface area contributed by atoms with E-state index in [0.29, 0.717) is 12.5 Å². The number of rotatable bonds is 4. The number of ether oxygens (including phenoxy) is 2. The molecule has 1 atom stereocenters. The van der Waals surface area contributed by atoms with Crippen LogP contribution in [0.5, 0.6) is 0 Å². The fraction of sp³-hybridized carbons (Fsp3) is 0.875. The standard InChI is InChI=1S/C8H15ClO3/c1-6(2)5-11-8(10)12-7(3)4-9/h6-7H,4-5H2,1-3H3. The van der Waals surface area contributed by atoms with Crippen LogP contribution in [0.2, 0.25) is 0 Å². The van der Waals surface area contributed by atoms with Gasteiger partial charge in [0, 0.05) is 0 Å². The Balaban J connectivity index is 3.46. The Hall–Kier alpha value is -0.440. The second kappa shape index (κ2) is 6.12. The molecule has 0 N–H and O–H groups in total. The van der Waals surface area contributed by atoms with Gasteiger partial charge in [0.1, 0.15) is 6.10 Å². The van der Waals surface area contributed by atoms with E-state index in [1.165, 1.54) is 0 Å². The molecule has 0 aliphatic carbocycles. The van der Waals surface area contributed by atoms with Crippen LogP contribution in [0, 0.1) is 5.92 Å². The summed E-state index contributed by atoms with van der Waals surface area (Å²) in [6.45, 7) is 6.01. The third-order valence-electron chi connectivity index (χ3n) is 1.05. The third-order valence-corrected chi connectivity index (χ3v) is 1.48. The van der Waals surface area contributed by atoms with Gasteiger partial charge in [0.25, 0.3) is 0 Å². The lowest BCUT2D eigenvalue weighted by Crippen LogP contribution is -2.18. The molecule has 1 unspecified atom stereocenters. The molecule has 0 aromatic rings. The molecule has 12 heavy (non-hydrogen) atoms. The van der Waals surface area contributed by atoms with E-state index in [4.69, 9.17) is 21.1 Å². The Morgan fingerprint density at radius 2 is 2.00 bits per heavy atom. The molecule has 0 saturated heterocycles. The molecule has 72 valence electrons. The molecular formula is C8H15ClO3. The van der Waals surface area contributed by atoms with Crippen molar-refractivity contribution in [1.82, 2.24) is 0 Å². The Kier molecular flexibility index (Phi) is 5.89. The molecule has 4 heteroatoms. The van der Waals surface area contributed by atoms with E-state index in [0.717, 1.165) is 0 Å². The summed E-state index contributed by atoms with van der Waals surface area (Å²) >= 11 is 5.43. The van der Waals surface area contributed by atoms with Crippen molar-refractivity contribution in [3.05, 3.63) is 0 Å². The highest BCUT2D eigenvalue weighted by Gasteiger charge is 2.09. The van der Waals surface area contributed by atoms with Crippen LogP contribution in [0.25, 0.3) is 0 Å². The number of carbonyl (C=O) groups excluding carboxylic acids is 1. The van der Waals surface area contributed by atoms with Gasteiger partial charge in [-0.05, 0) is 12.8 Å². The summed E-state index contributed by atoms with van der Waals surface area (Å²) in [7, 11) is 0. The van der Waals surface area contributed by atoms with Crippen molar-refractivity contribution in [2.24, 2.45) is 5.92 Å². The van der Waals surface area contributed by atoms with Crippen molar-refractivity contribution in [3.8, 4) is 0 Å². The minimum atomic E-state index is -0.642. The zero-order valence-corrected chi connectivity index (χ0v) is 8.43. The van der Waals surface area contributed by atoms with Crippen LogP contribution < -0.4 is 0 Å². The summed E-state index contributed by atoms with van der Waals surface area (Å²) in [6.07, 6.45) is -0.928. The topological polar surface area (TPSA) is 35.5 Å².